The van der Waals surface area contributed by atoms with E-state index in [-0.39, 0.29) is 6.04 Å². The number of hydrogen-bond donors (Lipinski definition) is 1. The molecule has 10 heavy (non-hydrogen) atoms. The van der Waals surface area contributed by atoms with E-state index in [1.54, 1.807) is 18.5 Å². The Morgan fingerprint density at radius 1 is 1.50 bits per heavy atom. The average Bonchev–Trinajstić information content (AvgIpc) is 2.05. The molecule has 0 fully saturated rings. The summed E-state index contributed by atoms with van der Waals surface area (Å²) < 4.78 is 0. The Hall–Kier alpha value is -1.22. The van der Waals surface area contributed by atoms with Crippen LogP contribution in [0.25, 0.3) is 0 Å². The molecule has 0 aliphatic rings. The van der Waals surface area contributed by atoms with Crippen molar-refractivity contribution in [2.45, 2.75) is 6.04 Å². The van der Waals surface area contributed by atoms with E-state index in [2.05, 4.69) is 16.5 Å². The van der Waals surface area contributed by atoms with Gasteiger partial charge in [-0.2, -0.15) is 0 Å². The molecular weight excluding hydrogens is 126 g/mol. The first-order valence-corrected chi connectivity index (χ1v) is 2.97. The summed E-state index contributed by atoms with van der Waals surface area (Å²) >= 11 is 0. The number of rotatable bonds is 2. The topological polar surface area (TPSA) is 51.8 Å². The molecule has 0 spiro atoms. The molecule has 1 aromatic rings. The van der Waals surface area contributed by atoms with E-state index in [1.165, 1.54) is 6.33 Å². The molecule has 0 amide bonds. The third-order valence-electron chi connectivity index (χ3n) is 1.22. The first-order chi connectivity index (χ1) is 4.84. The van der Waals surface area contributed by atoms with Gasteiger partial charge in [0, 0.05) is 18.0 Å². The van der Waals surface area contributed by atoms with Gasteiger partial charge in [-0.15, -0.1) is 6.58 Å². The summed E-state index contributed by atoms with van der Waals surface area (Å²) in [6.07, 6.45) is 6.48. The predicted octanol–water partition coefficient (Wildman–Crippen LogP) is 0.662. The number of nitrogens with zero attached hydrogens (tertiary/aromatic N) is 2. The Kier molecular flexibility index (Phi) is 2.12. The summed E-state index contributed by atoms with van der Waals surface area (Å²) in [6.45, 7) is 3.56. The Morgan fingerprint density at radius 3 is 2.60 bits per heavy atom. The molecule has 2 N–H and O–H groups in total. The second-order valence-corrected chi connectivity index (χ2v) is 1.93. The summed E-state index contributed by atoms with van der Waals surface area (Å²) in [5.41, 5.74) is 6.48. The largest absolute Gasteiger partial charge is 0.321 e. The number of aromatic nitrogens is 2. The smallest absolute Gasteiger partial charge is 0.115 e. The molecule has 3 heteroatoms. The van der Waals surface area contributed by atoms with E-state index >= 15 is 0 Å². The van der Waals surface area contributed by atoms with Gasteiger partial charge in [0.2, 0.25) is 0 Å². The molecule has 1 aromatic heterocycles. The fraction of sp³-hybridized carbons (Fsp3) is 0.143. The van der Waals surface area contributed by atoms with Crippen LogP contribution in [0.1, 0.15) is 11.6 Å². The first-order valence-electron chi connectivity index (χ1n) is 2.97. The highest BCUT2D eigenvalue weighted by Gasteiger charge is 1.98. The van der Waals surface area contributed by atoms with E-state index in [4.69, 9.17) is 5.73 Å². The number of nitrogens with two attached hydrogens (primary N) is 1. The molecule has 0 bridgehead atoms. The molecule has 1 heterocycles. The summed E-state index contributed by atoms with van der Waals surface area (Å²) in [7, 11) is 0. The van der Waals surface area contributed by atoms with Crippen LogP contribution < -0.4 is 5.73 Å². The second kappa shape index (κ2) is 3.08. The van der Waals surface area contributed by atoms with Crippen molar-refractivity contribution >= 4 is 0 Å². The molecular formula is C7H9N3. The summed E-state index contributed by atoms with van der Waals surface area (Å²) in [4.78, 5) is 7.63. The maximum Gasteiger partial charge on any atom is 0.115 e. The highest BCUT2D eigenvalue weighted by atomic mass is 14.8. The molecule has 3 nitrogen and oxygen atoms in total. The third-order valence-corrected chi connectivity index (χ3v) is 1.22. The Bertz CT molecular complexity index is 207. The van der Waals surface area contributed by atoms with Crippen LogP contribution in [0, 0.1) is 0 Å². The van der Waals surface area contributed by atoms with Crippen molar-refractivity contribution in [3.63, 3.8) is 0 Å². The van der Waals surface area contributed by atoms with Crippen LogP contribution in [0.2, 0.25) is 0 Å². The molecule has 0 aliphatic carbocycles. The third kappa shape index (κ3) is 1.39. The van der Waals surface area contributed by atoms with Crippen molar-refractivity contribution in [3.8, 4) is 0 Å². The van der Waals surface area contributed by atoms with E-state index in [9.17, 15) is 0 Å². The predicted molar refractivity (Wildman–Crippen MR) is 39.2 cm³/mol. The van der Waals surface area contributed by atoms with Crippen LogP contribution in [-0.2, 0) is 0 Å². The van der Waals surface area contributed by atoms with Gasteiger partial charge in [0.1, 0.15) is 6.33 Å². The van der Waals surface area contributed by atoms with Gasteiger partial charge in [-0.3, -0.25) is 0 Å². The summed E-state index contributed by atoms with van der Waals surface area (Å²) in [5.74, 6) is 0. The minimum Gasteiger partial charge on any atom is -0.321 e. The monoisotopic (exact) mass is 135 g/mol. The lowest BCUT2D eigenvalue weighted by molar-refractivity contribution is 0.887. The van der Waals surface area contributed by atoms with Crippen LogP contribution in [0.15, 0.2) is 31.4 Å². The molecule has 0 saturated carbocycles. The van der Waals surface area contributed by atoms with Gasteiger partial charge in [0.25, 0.3) is 0 Å². The van der Waals surface area contributed by atoms with Crippen LogP contribution in [0.3, 0.4) is 0 Å². The van der Waals surface area contributed by atoms with Crippen LogP contribution in [-0.4, -0.2) is 9.97 Å². The van der Waals surface area contributed by atoms with E-state index in [1.807, 2.05) is 0 Å². The molecule has 0 radical (unpaired) electrons. The SMILES string of the molecule is C=C[C@@H](N)c1cncnc1. The van der Waals surface area contributed by atoms with E-state index < -0.39 is 0 Å². The molecule has 0 saturated heterocycles. The van der Waals surface area contributed by atoms with Crippen LogP contribution in [0.5, 0.6) is 0 Å². The molecule has 1 atom stereocenters. The second-order valence-electron chi connectivity index (χ2n) is 1.93. The quantitative estimate of drug-likeness (QED) is 0.606. The molecule has 52 valence electrons. The van der Waals surface area contributed by atoms with E-state index in [0.717, 1.165) is 5.56 Å². The van der Waals surface area contributed by atoms with Crippen molar-refractivity contribution in [3.05, 3.63) is 36.9 Å². The van der Waals surface area contributed by atoms with Gasteiger partial charge in [0.05, 0.1) is 6.04 Å². The van der Waals surface area contributed by atoms with Crippen molar-refractivity contribution in [1.29, 1.82) is 0 Å². The zero-order valence-corrected chi connectivity index (χ0v) is 5.57. The minimum atomic E-state index is -0.152. The van der Waals surface area contributed by atoms with E-state index in [0.29, 0.717) is 0 Å². The van der Waals surface area contributed by atoms with Gasteiger partial charge < -0.3 is 5.73 Å². The first kappa shape index (κ1) is 6.89. The summed E-state index contributed by atoms with van der Waals surface area (Å²) in [5, 5.41) is 0. The lowest BCUT2D eigenvalue weighted by Gasteiger charge is -2.02. The van der Waals surface area contributed by atoms with Crippen LogP contribution >= 0.6 is 0 Å². The average molecular weight is 135 g/mol. The zero-order valence-electron chi connectivity index (χ0n) is 5.57. The summed E-state index contributed by atoms with van der Waals surface area (Å²) in [6, 6.07) is -0.152. The zero-order chi connectivity index (χ0) is 7.40. The van der Waals surface area contributed by atoms with Gasteiger partial charge in [-0.25, -0.2) is 9.97 Å². The Balaban J connectivity index is 2.84. The maximum atomic E-state index is 5.60. The number of hydrogen-bond acceptors (Lipinski definition) is 3. The van der Waals surface area contributed by atoms with Gasteiger partial charge >= 0.3 is 0 Å². The van der Waals surface area contributed by atoms with Crippen LogP contribution in [0.4, 0.5) is 0 Å². The molecule has 0 aromatic carbocycles. The fourth-order valence-electron chi connectivity index (χ4n) is 0.619. The molecule has 1 rings (SSSR count). The standard InChI is InChI=1S/C7H9N3/c1-2-7(8)6-3-9-5-10-4-6/h2-5,7H,1,8H2/t7-/m1/s1. The fourth-order valence-corrected chi connectivity index (χ4v) is 0.619. The highest BCUT2D eigenvalue weighted by Crippen LogP contribution is 2.05. The Labute approximate surface area is 59.6 Å². The lowest BCUT2D eigenvalue weighted by atomic mass is 10.2. The normalized spacial score (nSPS) is 12.5. The molecule has 0 aliphatic heterocycles. The highest BCUT2D eigenvalue weighted by molar-refractivity contribution is 5.13. The van der Waals surface area contributed by atoms with Gasteiger partial charge in [-0.05, 0) is 0 Å². The van der Waals surface area contributed by atoms with Gasteiger partial charge in [-0.1, -0.05) is 6.08 Å². The van der Waals surface area contributed by atoms with Crippen molar-refractivity contribution < 1.29 is 0 Å². The maximum absolute atomic E-state index is 5.60. The minimum absolute atomic E-state index is 0.152. The molecule has 0 unspecified atom stereocenters. The van der Waals surface area contributed by atoms with Gasteiger partial charge in [0.15, 0.2) is 0 Å². The Morgan fingerprint density at radius 2 is 2.10 bits per heavy atom. The lowest BCUT2D eigenvalue weighted by Crippen LogP contribution is -2.06. The van der Waals surface area contributed by atoms with Crippen molar-refractivity contribution in [2.75, 3.05) is 0 Å². The van der Waals surface area contributed by atoms with Crippen molar-refractivity contribution in [2.24, 2.45) is 5.73 Å². The van der Waals surface area contributed by atoms with Crippen molar-refractivity contribution in [1.82, 2.24) is 9.97 Å².